The average molecular weight is 225 g/mol. The summed E-state index contributed by atoms with van der Waals surface area (Å²) in [5, 5.41) is 12.1. The lowest BCUT2D eigenvalue weighted by Crippen LogP contribution is -2.08. The molecule has 0 atom stereocenters. The fourth-order valence-corrected chi connectivity index (χ4v) is 1.48. The van der Waals surface area contributed by atoms with Crippen LogP contribution in [0.5, 0.6) is 11.5 Å². The molecule has 5 nitrogen and oxygen atoms in total. The van der Waals surface area contributed by atoms with E-state index in [0.29, 0.717) is 18.0 Å². The highest BCUT2D eigenvalue weighted by Crippen LogP contribution is 2.35. The number of hydrogen-bond acceptors (Lipinski definition) is 4. The van der Waals surface area contributed by atoms with Gasteiger partial charge >= 0.3 is 5.97 Å². The zero-order valence-corrected chi connectivity index (χ0v) is 9.53. The third-order valence-electron chi connectivity index (χ3n) is 2.13. The molecule has 0 aliphatic carbocycles. The smallest absolute Gasteiger partial charge is 0.341 e. The summed E-state index contributed by atoms with van der Waals surface area (Å²) in [7, 11) is 2.89. The molecule has 16 heavy (non-hydrogen) atoms. The van der Waals surface area contributed by atoms with Gasteiger partial charge < -0.3 is 19.9 Å². The van der Waals surface area contributed by atoms with Crippen molar-refractivity contribution in [3.05, 3.63) is 17.7 Å². The summed E-state index contributed by atoms with van der Waals surface area (Å²) in [5.41, 5.74) is 0.608. The molecule has 0 saturated carbocycles. The number of nitrogens with one attached hydrogen (secondary N) is 1. The van der Waals surface area contributed by atoms with Crippen molar-refractivity contribution in [2.45, 2.75) is 6.92 Å². The Kier molecular flexibility index (Phi) is 3.99. The first-order valence-electron chi connectivity index (χ1n) is 4.87. The molecule has 0 aromatic heterocycles. The molecule has 0 saturated heterocycles. The predicted octanol–water partition coefficient (Wildman–Crippen LogP) is 1.83. The maximum absolute atomic E-state index is 11.2. The van der Waals surface area contributed by atoms with Crippen molar-refractivity contribution >= 4 is 11.7 Å². The van der Waals surface area contributed by atoms with Crippen molar-refractivity contribution in [3.63, 3.8) is 0 Å². The van der Waals surface area contributed by atoms with Gasteiger partial charge in [0.1, 0.15) is 5.56 Å². The Morgan fingerprint density at radius 2 is 2.06 bits per heavy atom. The number of ether oxygens (including phenoxy) is 2. The van der Waals surface area contributed by atoms with Gasteiger partial charge in [0.15, 0.2) is 11.5 Å². The summed E-state index contributed by atoms with van der Waals surface area (Å²) < 4.78 is 10.1. The molecule has 0 radical (unpaired) electrons. The first-order chi connectivity index (χ1) is 7.65. The Bertz CT molecular complexity index is 390. The van der Waals surface area contributed by atoms with Gasteiger partial charge in [-0.3, -0.25) is 0 Å². The van der Waals surface area contributed by atoms with E-state index in [0.717, 1.165) is 0 Å². The van der Waals surface area contributed by atoms with Crippen molar-refractivity contribution in [1.29, 1.82) is 0 Å². The van der Waals surface area contributed by atoms with Crippen LogP contribution in [0, 0.1) is 0 Å². The molecule has 0 fully saturated rings. The van der Waals surface area contributed by atoms with Crippen molar-refractivity contribution in [3.8, 4) is 11.5 Å². The van der Waals surface area contributed by atoms with Crippen LogP contribution in [-0.4, -0.2) is 31.8 Å². The minimum Gasteiger partial charge on any atom is -0.493 e. The Hall–Kier alpha value is -1.91. The Labute approximate surface area is 94.0 Å². The van der Waals surface area contributed by atoms with Gasteiger partial charge in [0.25, 0.3) is 0 Å². The van der Waals surface area contributed by atoms with Crippen molar-refractivity contribution in [2.75, 3.05) is 26.1 Å². The van der Waals surface area contributed by atoms with Gasteiger partial charge in [0.05, 0.1) is 19.9 Å². The fourth-order valence-electron chi connectivity index (χ4n) is 1.48. The third-order valence-corrected chi connectivity index (χ3v) is 2.13. The van der Waals surface area contributed by atoms with E-state index in [-0.39, 0.29) is 11.3 Å². The highest BCUT2D eigenvalue weighted by Gasteiger charge is 2.20. The van der Waals surface area contributed by atoms with Crippen molar-refractivity contribution in [1.82, 2.24) is 0 Å². The number of carbonyl (C=O) groups is 1. The molecular formula is C11H15NO4. The highest BCUT2D eigenvalue weighted by molar-refractivity contribution is 5.98. The van der Waals surface area contributed by atoms with E-state index in [1.165, 1.54) is 14.2 Å². The quantitative estimate of drug-likeness (QED) is 0.800. The van der Waals surface area contributed by atoms with Gasteiger partial charge in [-0.1, -0.05) is 0 Å². The van der Waals surface area contributed by atoms with Crippen molar-refractivity contribution < 1.29 is 19.4 Å². The number of carboxylic acid groups (broad SMARTS) is 1. The Morgan fingerprint density at radius 1 is 1.38 bits per heavy atom. The highest BCUT2D eigenvalue weighted by atomic mass is 16.5. The third kappa shape index (κ3) is 2.18. The molecule has 0 spiro atoms. The molecule has 5 heteroatoms. The maximum Gasteiger partial charge on any atom is 0.341 e. The van der Waals surface area contributed by atoms with Gasteiger partial charge in [0, 0.05) is 6.54 Å². The zero-order valence-electron chi connectivity index (χ0n) is 9.53. The second kappa shape index (κ2) is 5.25. The summed E-state index contributed by atoms with van der Waals surface area (Å²) >= 11 is 0. The van der Waals surface area contributed by atoms with E-state index >= 15 is 0 Å². The first kappa shape index (κ1) is 12.2. The lowest BCUT2D eigenvalue weighted by Gasteiger charge is -2.14. The summed E-state index contributed by atoms with van der Waals surface area (Å²) in [4.78, 5) is 11.2. The van der Waals surface area contributed by atoms with Crippen LogP contribution in [0.15, 0.2) is 12.1 Å². The standard InChI is InChI=1S/C11H15NO4/c1-4-12-7-5-6-8(15-2)10(16-3)9(7)11(13)14/h5-6,12H,4H2,1-3H3,(H,13,14). The molecule has 1 rings (SSSR count). The predicted molar refractivity (Wildman–Crippen MR) is 60.7 cm³/mol. The van der Waals surface area contributed by atoms with Gasteiger partial charge in [-0.05, 0) is 19.1 Å². The van der Waals surface area contributed by atoms with Crippen LogP contribution in [0.2, 0.25) is 0 Å². The number of methoxy groups -OCH3 is 2. The fraction of sp³-hybridized carbons (Fsp3) is 0.364. The monoisotopic (exact) mass is 225 g/mol. The molecule has 0 bridgehead atoms. The number of anilines is 1. The Balaban J connectivity index is 3.37. The second-order valence-corrected chi connectivity index (χ2v) is 3.06. The summed E-state index contributed by atoms with van der Waals surface area (Å²) in [6.45, 7) is 2.53. The average Bonchev–Trinajstić information content (AvgIpc) is 2.28. The summed E-state index contributed by atoms with van der Waals surface area (Å²) in [6, 6.07) is 3.33. The van der Waals surface area contributed by atoms with Gasteiger partial charge in [-0.15, -0.1) is 0 Å². The summed E-state index contributed by atoms with van der Waals surface area (Å²) in [5.74, 6) is -0.415. The molecule has 0 aliphatic heterocycles. The minimum atomic E-state index is -1.05. The van der Waals surface area contributed by atoms with Crippen molar-refractivity contribution in [2.24, 2.45) is 0 Å². The normalized spacial score (nSPS) is 9.69. The molecule has 1 aromatic carbocycles. The van der Waals surface area contributed by atoms with Gasteiger partial charge in [-0.2, -0.15) is 0 Å². The van der Waals surface area contributed by atoms with Crippen LogP contribution in [0.4, 0.5) is 5.69 Å². The second-order valence-electron chi connectivity index (χ2n) is 3.06. The topological polar surface area (TPSA) is 67.8 Å². The van der Waals surface area contributed by atoms with Crippen LogP contribution in [0.1, 0.15) is 17.3 Å². The SMILES string of the molecule is CCNc1ccc(OC)c(OC)c1C(=O)O. The molecule has 0 unspecified atom stereocenters. The molecule has 88 valence electrons. The van der Waals surface area contributed by atoms with Crippen LogP contribution in [0.3, 0.4) is 0 Å². The molecule has 0 amide bonds. The van der Waals surface area contributed by atoms with E-state index in [4.69, 9.17) is 14.6 Å². The van der Waals surface area contributed by atoms with Crippen LogP contribution in [-0.2, 0) is 0 Å². The van der Waals surface area contributed by atoms with E-state index in [1.54, 1.807) is 12.1 Å². The van der Waals surface area contributed by atoms with E-state index in [2.05, 4.69) is 5.32 Å². The molecular weight excluding hydrogens is 210 g/mol. The minimum absolute atomic E-state index is 0.0868. The van der Waals surface area contributed by atoms with Crippen LogP contribution < -0.4 is 14.8 Å². The zero-order chi connectivity index (χ0) is 12.1. The van der Waals surface area contributed by atoms with E-state index in [9.17, 15) is 4.79 Å². The number of rotatable bonds is 5. The first-order valence-corrected chi connectivity index (χ1v) is 4.87. The molecule has 2 N–H and O–H groups in total. The largest absolute Gasteiger partial charge is 0.493 e. The van der Waals surface area contributed by atoms with Crippen LogP contribution >= 0.6 is 0 Å². The van der Waals surface area contributed by atoms with E-state index in [1.807, 2.05) is 6.92 Å². The van der Waals surface area contributed by atoms with E-state index < -0.39 is 5.97 Å². The lowest BCUT2D eigenvalue weighted by atomic mass is 10.1. The van der Waals surface area contributed by atoms with Gasteiger partial charge in [0.2, 0.25) is 0 Å². The number of benzene rings is 1. The molecule has 1 aromatic rings. The molecule has 0 heterocycles. The Morgan fingerprint density at radius 3 is 2.50 bits per heavy atom. The molecule has 0 aliphatic rings. The van der Waals surface area contributed by atoms with Crippen LogP contribution in [0.25, 0.3) is 0 Å². The number of aromatic carboxylic acids is 1. The van der Waals surface area contributed by atoms with Gasteiger partial charge in [-0.25, -0.2) is 4.79 Å². The summed E-state index contributed by atoms with van der Waals surface area (Å²) in [6.07, 6.45) is 0. The lowest BCUT2D eigenvalue weighted by molar-refractivity contribution is 0.0693. The maximum atomic E-state index is 11.2. The number of hydrogen-bond donors (Lipinski definition) is 2. The number of carboxylic acids is 1.